The predicted octanol–water partition coefficient (Wildman–Crippen LogP) is 3.54. The molecule has 0 radical (unpaired) electrons. The molecule has 3 nitrogen and oxygen atoms in total. The van der Waals surface area contributed by atoms with E-state index in [-0.39, 0.29) is 0 Å². The van der Waals surface area contributed by atoms with Crippen molar-refractivity contribution in [2.75, 3.05) is 6.26 Å². The van der Waals surface area contributed by atoms with Gasteiger partial charge in [-0.3, -0.25) is 0 Å². The van der Waals surface area contributed by atoms with E-state index in [4.69, 9.17) is 0 Å². The third kappa shape index (κ3) is 1.73. The van der Waals surface area contributed by atoms with Crippen LogP contribution < -0.4 is 0 Å². The molecule has 0 atom stereocenters. The molecule has 2 aromatic heterocycles. The SMILES string of the molecule is CSc1nsc(-c2nc3ccccc3s2)n1. The van der Waals surface area contributed by atoms with Crippen molar-refractivity contribution in [3.8, 4) is 10.0 Å². The second kappa shape index (κ2) is 4.12. The van der Waals surface area contributed by atoms with Gasteiger partial charge in [0.2, 0.25) is 0 Å². The molecular weight excluding hydrogens is 258 g/mol. The van der Waals surface area contributed by atoms with Gasteiger partial charge in [0.1, 0.15) is 0 Å². The number of para-hydroxylation sites is 1. The second-order valence-corrected chi connectivity index (χ2v) is 5.63. The Kier molecular flexibility index (Phi) is 2.62. The molecule has 0 saturated carbocycles. The van der Waals surface area contributed by atoms with Crippen molar-refractivity contribution < 1.29 is 0 Å². The second-order valence-electron chi connectivity index (χ2n) is 3.07. The largest absolute Gasteiger partial charge is 0.233 e. The minimum atomic E-state index is 0.819. The summed E-state index contributed by atoms with van der Waals surface area (Å²) in [5.41, 5.74) is 1.03. The van der Waals surface area contributed by atoms with E-state index in [1.807, 2.05) is 24.5 Å². The van der Waals surface area contributed by atoms with Crippen molar-refractivity contribution in [2.45, 2.75) is 5.16 Å². The predicted molar refractivity (Wildman–Crippen MR) is 70.3 cm³/mol. The molecule has 3 rings (SSSR count). The highest BCUT2D eigenvalue weighted by molar-refractivity contribution is 7.98. The van der Waals surface area contributed by atoms with Gasteiger partial charge in [0.15, 0.2) is 15.2 Å². The fourth-order valence-electron chi connectivity index (χ4n) is 1.34. The molecular formula is C10H7N3S3. The summed E-state index contributed by atoms with van der Waals surface area (Å²) < 4.78 is 5.43. The van der Waals surface area contributed by atoms with Crippen LogP contribution in [0.2, 0.25) is 0 Å². The maximum Gasteiger partial charge on any atom is 0.200 e. The number of thiazole rings is 1. The summed E-state index contributed by atoms with van der Waals surface area (Å²) >= 11 is 4.63. The quantitative estimate of drug-likeness (QED) is 0.664. The summed E-state index contributed by atoms with van der Waals surface area (Å²) in [5.74, 6) is 0. The van der Waals surface area contributed by atoms with E-state index in [1.54, 1.807) is 23.1 Å². The van der Waals surface area contributed by atoms with Gasteiger partial charge < -0.3 is 0 Å². The standard InChI is InChI=1S/C10H7N3S3/c1-14-10-12-9(16-13-10)8-11-6-4-2-3-5-7(6)15-8/h2-5H,1H3. The van der Waals surface area contributed by atoms with Crippen molar-refractivity contribution in [1.82, 2.24) is 14.3 Å². The zero-order valence-electron chi connectivity index (χ0n) is 8.38. The number of hydrogen-bond acceptors (Lipinski definition) is 6. The first-order valence-corrected chi connectivity index (χ1v) is 7.42. The van der Waals surface area contributed by atoms with Crippen LogP contribution in [-0.2, 0) is 0 Å². The first-order valence-electron chi connectivity index (χ1n) is 4.60. The van der Waals surface area contributed by atoms with Crippen LogP contribution in [0.25, 0.3) is 20.2 Å². The summed E-state index contributed by atoms with van der Waals surface area (Å²) in [6, 6.07) is 8.12. The Morgan fingerprint density at radius 1 is 1.12 bits per heavy atom. The van der Waals surface area contributed by atoms with Crippen molar-refractivity contribution in [2.24, 2.45) is 0 Å². The average Bonchev–Trinajstić information content (AvgIpc) is 2.95. The molecule has 0 unspecified atom stereocenters. The van der Waals surface area contributed by atoms with Gasteiger partial charge in [-0.2, -0.15) is 4.37 Å². The molecule has 0 fully saturated rings. The van der Waals surface area contributed by atoms with Crippen LogP contribution in [0.4, 0.5) is 0 Å². The lowest BCUT2D eigenvalue weighted by Crippen LogP contribution is -1.74. The third-order valence-electron chi connectivity index (χ3n) is 2.07. The van der Waals surface area contributed by atoms with Crippen LogP contribution in [0.1, 0.15) is 0 Å². The van der Waals surface area contributed by atoms with Crippen LogP contribution >= 0.6 is 34.6 Å². The maximum absolute atomic E-state index is 4.55. The van der Waals surface area contributed by atoms with Gasteiger partial charge in [0, 0.05) is 0 Å². The number of nitrogens with zero attached hydrogens (tertiary/aromatic N) is 3. The van der Waals surface area contributed by atoms with Crippen LogP contribution in [0.15, 0.2) is 29.4 Å². The van der Waals surface area contributed by atoms with Crippen LogP contribution in [-0.4, -0.2) is 20.6 Å². The van der Waals surface area contributed by atoms with Crippen LogP contribution in [0.5, 0.6) is 0 Å². The Hall–Kier alpha value is -0.980. The molecule has 0 bridgehead atoms. The topological polar surface area (TPSA) is 38.7 Å². The number of fused-ring (bicyclic) bond motifs is 1. The lowest BCUT2D eigenvalue weighted by molar-refractivity contribution is 1.08. The van der Waals surface area contributed by atoms with Gasteiger partial charge >= 0.3 is 0 Å². The number of hydrogen-bond donors (Lipinski definition) is 0. The Balaban J connectivity index is 2.11. The molecule has 0 aliphatic carbocycles. The van der Waals surface area contributed by atoms with E-state index >= 15 is 0 Å². The molecule has 16 heavy (non-hydrogen) atoms. The van der Waals surface area contributed by atoms with Gasteiger partial charge in [0.25, 0.3) is 0 Å². The smallest absolute Gasteiger partial charge is 0.200 e. The van der Waals surface area contributed by atoms with Gasteiger partial charge in [-0.25, -0.2) is 9.97 Å². The van der Waals surface area contributed by atoms with E-state index < -0.39 is 0 Å². The van der Waals surface area contributed by atoms with Crippen molar-refractivity contribution >= 4 is 44.8 Å². The minimum absolute atomic E-state index is 0.819. The molecule has 0 N–H and O–H groups in total. The number of thioether (sulfide) groups is 1. The molecule has 0 spiro atoms. The summed E-state index contributed by atoms with van der Waals surface area (Å²) in [5, 5.41) is 2.68. The van der Waals surface area contributed by atoms with E-state index in [1.165, 1.54) is 16.2 Å². The molecule has 6 heteroatoms. The fourth-order valence-corrected chi connectivity index (χ4v) is 3.54. The van der Waals surface area contributed by atoms with Crippen LogP contribution in [0.3, 0.4) is 0 Å². The van der Waals surface area contributed by atoms with E-state index in [9.17, 15) is 0 Å². The maximum atomic E-state index is 4.55. The van der Waals surface area contributed by atoms with Crippen LogP contribution in [0, 0.1) is 0 Å². The Labute approximate surface area is 105 Å². The van der Waals surface area contributed by atoms with E-state index in [0.29, 0.717) is 0 Å². The Morgan fingerprint density at radius 2 is 2.00 bits per heavy atom. The third-order valence-corrected chi connectivity index (χ3v) is 4.62. The number of benzene rings is 1. The molecule has 0 aliphatic rings. The Morgan fingerprint density at radius 3 is 2.75 bits per heavy atom. The molecule has 80 valence electrons. The van der Waals surface area contributed by atoms with E-state index in [2.05, 4.69) is 20.4 Å². The lowest BCUT2D eigenvalue weighted by Gasteiger charge is -1.83. The van der Waals surface area contributed by atoms with Crippen molar-refractivity contribution in [1.29, 1.82) is 0 Å². The van der Waals surface area contributed by atoms with E-state index in [0.717, 1.165) is 20.7 Å². The number of rotatable bonds is 2. The molecule has 2 heterocycles. The van der Waals surface area contributed by atoms with Gasteiger partial charge in [-0.1, -0.05) is 23.9 Å². The molecule has 3 aromatic rings. The summed E-state index contributed by atoms with van der Waals surface area (Å²) in [6.07, 6.45) is 1.98. The Bertz CT molecular complexity index is 596. The first kappa shape index (κ1) is 10.2. The van der Waals surface area contributed by atoms with Gasteiger partial charge in [0.05, 0.1) is 10.2 Å². The highest BCUT2D eigenvalue weighted by Crippen LogP contribution is 2.31. The zero-order valence-corrected chi connectivity index (χ0v) is 10.8. The molecule has 0 saturated heterocycles. The number of aromatic nitrogens is 3. The first-order chi connectivity index (χ1) is 7.86. The lowest BCUT2D eigenvalue weighted by atomic mass is 10.3. The van der Waals surface area contributed by atoms with Gasteiger partial charge in [-0.05, 0) is 29.9 Å². The van der Waals surface area contributed by atoms with Crippen molar-refractivity contribution in [3.05, 3.63) is 24.3 Å². The van der Waals surface area contributed by atoms with Gasteiger partial charge in [-0.15, -0.1) is 11.3 Å². The molecule has 0 aliphatic heterocycles. The fraction of sp³-hybridized carbons (Fsp3) is 0.100. The normalized spacial score (nSPS) is 11.1. The molecule has 0 amide bonds. The summed E-state index contributed by atoms with van der Waals surface area (Å²) in [4.78, 5) is 8.96. The monoisotopic (exact) mass is 265 g/mol. The minimum Gasteiger partial charge on any atom is -0.233 e. The average molecular weight is 265 g/mol. The highest BCUT2D eigenvalue weighted by atomic mass is 32.2. The summed E-state index contributed by atoms with van der Waals surface area (Å²) in [6.45, 7) is 0. The van der Waals surface area contributed by atoms with Crippen molar-refractivity contribution in [3.63, 3.8) is 0 Å². The molecule has 1 aromatic carbocycles. The summed E-state index contributed by atoms with van der Waals surface area (Å²) in [7, 11) is 0. The highest BCUT2D eigenvalue weighted by Gasteiger charge is 2.10. The zero-order chi connectivity index (χ0) is 11.0.